The number of nitrogens with zero attached hydrogens (tertiary/aromatic N) is 1. The number of anilines is 2. The van der Waals surface area contributed by atoms with Gasteiger partial charge in [-0.2, -0.15) is 13.2 Å². The highest BCUT2D eigenvalue weighted by molar-refractivity contribution is 5.95. The summed E-state index contributed by atoms with van der Waals surface area (Å²) in [4.78, 5) is 25.7. The number of rotatable bonds is 7. The van der Waals surface area contributed by atoms with Crippen molar-refractivity contribution in [2.45, 2.75) is 13.1 Å². The first kappa shape index (κ1) is 20.3. The zero-order valence-corrected chi connectivity index (χ0v) is 14.7. The van der Waals surface area contributed by atoms with Crippen molar-refractivity contribution in [3.05, 3.63) is 60.2 Å². The normalized spacial score (nSPS) is 11.0. The van der Waals surface area contributed by atoms with Crippen LogP contribution in [0.1, 0.15) is 12.5 Å². The van der Waals surface area contributed by atoms with Crippen molar-refractivity contribution in [2.75, 3.05) is 30.3 Å². The number of hydrogen-bond donors (Lipinski definition) is 2. The molecule has 2 rings (SSSR count). The molecule has 144 valence electrons. The van der Waals surface area contributed by atoms with Gasteiger partial charge in [-0.3, -0.25) is 9.59 Å². The molecule has 0 saturated carbocycles. The molecule has 0 radical (unpaired) electrons. The number of amides is 2. The molecule has 0 aliphatic rings. The Labute approximate surface area is 155 Å². The number of carbonyl (C=O) groups excluding carboxylic acids is 2. The molecule has 27 heavy (non-hydrogen) atoms. The minimum absolute atomic E-state index is 0.0235. The van der Waals surface area contributed by atoms with Crippen molar-refractivity contribution in [3.63, 3.8) is 0 Å². The average Bonchev–Trinajstić information content (AvgIpc) is 2.64. The monoisotopic (exact) mass is 379 g/mol. The molecular formula is C19H20F3N3O2. The number of likely N-dealkylation sites (N-methyl/N-ethyl adjacent to an activating group) is 1. The van der Waals surface area contributed by atoms with E-state index < -0.39 is 17.6 Å². The van der Waals surface area contributed by atoms with E-state index in [4.69, 9.17) is 0 Å². The van der Waals surface area contributed by atoms with Crippen LogP contribution in [0.15, 0.2) is 54.6 Å². The number of benzene rings is 2. The van der Waals surface area contributed by atoms with E-state index in [0.29, 0.717) is 0 Å². The summed E-state index contributed by atoms with van der Waals surface area (Å²) in [7, 11) is 0. The third kappa shape index (κ3) is 6.02. The Kier molecular flexibility index (Phi) is 6.81. The molecule has 2 aromatic rings. The molecule has 0 aliphatic heterocycles. The predicted octanol–water partition coefficient (Wildman–Crippen LogP) is 3.60. The van der Waals surface area contributed by atoms with Crippen molar-refractivity contribution >= 4 is 23.2 Å². The number of hydrogen-bond acceptors (Lipinski definition) is 3. The van der Waals surface area contributed by atoms with Crippen molar-refractivity contribution in [1.82, 2.24) is 4.90 Å². The second-order valence-electron chi connectivity index (χ2n) is 5.72. The SMILES string of the molecule is CCN(CC(=O)Nc1ccccc1C(F)(F)F)C(=O)CNc1ccccc1. The largest absolute Gasteiger partial charge is 0.418 e. The van der Waals surface area contributed by atoms with Crippen LogP contribution in [0.4, 0.5) is 24.5 Å². The molecular weight excluding hydrogens is 359 g/mol. The Bertz CT molecular complexity index is 779. The molecule has 0 heterocycles. The van der Waals surface area contributed by atoms with Gasteiger partial charge in [0.25, 0.3) is 0 Å². The Balaban J connectivity index is 1.96. The summed E-state index contributed by atoms with van der Waals surface area (Å²) in [5.74, 6) is -1.03. The number of carbonyl (C=O) groups is 2. The highest BCUT2D eigenvalue weighted by Crippen LogP contribution is 2.34. The lowest BCUT2D eigenvalue weighted by molar-refractivity contribution is -0.137. The Morgan fingerprint density at radius 3 is 2.26 bits per heavy atom. The summed E-state index contributed by atoms with van der Waals surface area (Å²) in [6.45, 7) is 1.59. The maximum Gasteiger partial charge on any atom is 0.418 e. The van der Waals surface area contributed by atoms with E-state index in [1.54, 1.807) is 19.1 Å². The summed E-state index contributed by atoms with van der Waals surface area (Å²) in [5, 5.41) is 5.18. The first-order valence-electron chi connectivity index (χ1n) is 8.34. The number of halogens is 3. The minimum Gasteiger partial charge on any atom is -0.376 e. The van der Waals surface area contributed by atoms with Gasteiger partial charge in [0.15, 0.2) is 0 Å². The van der Waals surface area contributed by atoms with E-state index in [0.717, 1.165) is 11.8 Å². The van der Waals surface area contributed by atoms with Crippen LogP contribution < -0.4 is 10.6 Å². The smallest absolute Gasteiger partial charge is 0.376 e. The van der Waals surface area contributed by atoms with E-state index in [1.165, 1.54) is 23.1 Å². The van der Waals surface area contributed by atoms with Crippen LogP contribution in [-0.2, 0) is 15.8 Å². The Morgan fingerprint density at radius 2 is 1.63 bits per heavy atom. The first-order chi connectivity index (χ1) is 12.8. The van der Waals surface area contributed by atoms with Gasteiger partial charge in [0.2, 0.25) is 11.8 Å². The molecule has 0 bridgehead atoms. The third-order valence-electron chi connectivity index (χ3n) is 3.79. The summed E-state index contributed by atoms with van der Waals surface area (Å²) in [6, 6.07) is 13.8. The number of para-hydroxylation sites is 2. The van der Waals surface area contributed by atoms with Gasteiger partial charge in [0.1, 0.15) is 0 Å². The summed E-state index contributed by atoms with van der Waals surface area (Å²) in [6.07, 6.45) is -4.58. The second-order valence-corrected chi connectivity index (χ2v) is 5.72. The molecule has 0 unspecified atom stereocenters. The molecule has 5 nitrogen and oxygen atoms in total. The highest BCUT2D eigenvalue weighted by Gasteiger charge is 2.33. The van der Waals surface area contributed by atoms with E-state index in [-0.39, 0.29) is 31.2 Å². The summed E-state index contributed by atoms with van der Waals surface area (Å²) in [5.41, 5.74) is -0.509. The van der Waals surface area contributed by atoms with E-state index in [9.17, 15) is 22.8 Å². The number of nitrogens with one attached hydrogen (secondary N) is 2. The molecule has 0 fully saturated rings. The van der Waals surface area contributed by atoms with Crippen molar-refractivity contribution < 1.29 is 22.8 Å². The summed E-state index contributed by atoms with van der Waals surface area (Å²) < 4.78 is 39.0. The van der Waals surface area contributed by atoms with Crippen molar-refractivity contribution in [1.29, 1.82) is 0 Å². The molecule has 0 aliphatic carbocycles. The lowest BCUT2D eigenvalue weighted by Crippen LogP contribution is -2.40. The van der Waals surface area contributed by atoms with Crippen LogP contribution in [0.3, 0.4) is 0 Å². The second kappa shape index (κ2) is 9.07. The van der Waals surface area contributed by atoms with Gasteiger partial charge in [0, 0.05) is 12.2 Å². The molecule has 2 amide bonds. The van der Waals surface area contributed by atoms with Gasteiger partial charge in [0.05, 0.1) is 24.3 Å². The van der Waals surface area contributed by atoms with E-state index in [1.807, 2.05) is 18.2 Å². The van der Waals surface area contributed by atoms with Crippen LogP contribution >= 0.6 is 0 Å². The topological polar surface area (TPSA) is 61.4 Å². The fraction of sp³-hybridized carbons (Fsp3) is 0.263. The van der Waals surface area contributed by atoms with Crippen molar-refractivity contribution in [3.8, 4) is 0 Å². The quantitative estimate of drug-likeness (QED) is 0.773. The van der Waals surface area contributed by atoms with Crippen LogP contribution in [0.5, 0.6) is 0 Å². The molecule has 0 spiro atoms. The molecule has 0 atom stereocenters. The van der Waals surface area contributed by atoms with Gasteiger partial charge in [-0.05, 0) is 31.2 Å². The third-order valence-corrected chi connectivity index (χ3v) is 3.79. The molecule has 8 heteroatoms. The van der Waals surface area contributed by atoms with Crippen LogP contribution in [0.25, 0.3) is 0 Å². The van der Waals surface area contributed by atoms with E-state index >= 15 is 0 Å². The van der Waals surface area contributed by atoms with Crippen LogP contribution in [0, 0.1) is 0 Å². The van der Waals surface area contributed by atoms with Crippen molar-refractivity contribution in [2.24, 2.45) is 0 Å². The van der Waals surface area contributed by atoms with Gasteiger partial charge < -0.3 is 15.5 Å². The maximum atomic E-state index is 13.0. The zero-order chi connectivity index (χ0) is 19.9. The Hall–Kier alpha value is -3.03. The van der Waals surface area contributed by atoms with Gasteiger partial charge in [-0.25, -0.2) is 0 Å². The molecule has 0 aromatic heterocycles. The maximum absolute atomic E-state index is 13.0. The highest BCUT2D eigenvalue weighted by atomic mass is 19.4. The van der Waals surface area contributed by atoms with Crippen LogP contribution in [-0.4, -0.2) is 36.3 Å². The average molecular weight is 379 g/mol. The molecule has 2 aromatic carbocycles. The Morgan fingerprint density at radius 1 is 1.00 bits per heavy atom. The summed E-state index contributed by atoms with van der Waals surface area (Å²) >= 11 is 0. The van der Waals surface area contributed by atoms with Gasteiger partial charge in [-0.15, -0.1) is 0 Å². The van der Waals surface area contributed by atoms with E-state index in [2.05, 4.69) is 10.6 Å². The molecule has 2 N–H and O–H groups in total. The zero-order valence-electron chi connectivity index (χ0n) is 14.7. The van der Waals surface area contributed by atoms with Gasteiger partial charge in [-0.1, -0.05) is 30.3 Å². The first-order valence-corrected chi connectivity index (χ1v) is 8.34. The lowest BCUT2D eigenvalue weighted by atomic mass is 10.1. The fourth-order valence-corrected chi connectivity index (χ4v) is 2.42. The lowest BCUT2D eigenvalue weighted by Gasteiger charge is -2.21. The van der Waals surface area contributed by atoms with Gasteiger partial charge >= 0.3 is 6.18 Å². The standard InChI is InChI=1S/C19H20F3N3O2/c1-2-25(18(27)12-23-14-8-4-3-5-9-14)13-17(26)24-16-11-7-6-10-15(16)19(20,21)22/h3-11,23H,2,12-13H2,1H3,(H,24,26). The molecule has 0 saturated heterocycles. The number of alkyl halides is 3. The van der Waals surface area contributed by atoms with Crippen LogP contribution in [0.2, 0.25) is 0 Å². The minimum atomic E-state index is -4.58. The fourth-order valence-electron chi connectivity index (χ4n) is 2.42. The predicted molar refractivity (Wildman–Crippen MR) is 97.3 cm³/mol.